The lowest BCUT2D eigenvalue weighted by Crippen LogP contribution is -2.38. The first-order chi connectivity index (χ1) is 12.8. The number of likely N-dealkylation sites (tertiary alicyclic amines) is 1. The van der Waals surface area contributed by atoms with Crippen LogP contribution in [-0.2, 0) is 7.05 Å². The van der Waals surface area contributed by atoms with Gasteiger partial charge in [-0.15, -0.1) is 0 Å². The third kappa shape index (κ3) is 2.94. The van der Waals surface area contributed by atoms with Crippen LogP contribution in [0.15, 0.2) is 17.1 Å². The first kappa shape index (κ1) is 17.5. The molecule has 0 saturated carbocycles. The molecule has 3 aromatic rings. The number of carbonyl (C=O) groups is 1. The van der Waals surface area contributed by atoms with E-state index >= 15 is 0 Å². The van der Waals surface area contributed by atoms with Crippen LogP contribution < -0.4 is 5.56 Å². The highest BCUT2D eigenvalue weighted by molar-refractivity contribution is 5.95. The topological polar surface area (TPSA) is 88.3 Å². The smallest absolute Gasteiger partial charge is 0.275 e. The average molecular weight is 368 g/mol. The second-order valence-electron chi connectivity index (χ2n) is 7.40. The van der Waals surface area contributed by atoms with Gasteiger partial charge < -0.3 is 4.90 Å². The predicted molar refractivity (Wildman–Crippen MR) is 101 cm³/mol. The fourth-order valence-corrected chi connectivity index (χ4v) is 3.82. The normalized spacial score (nSPS) is 15.6. The highest BCUT2D eigenvalue weighted by Gasteiger charge is 2.27. The monoisotopic (exact) mass is 368 g/mol. The summed E-state index contributed by atoms with van der Waals surface area (Å²) in [7, 11) is 1.82. The minimum atomic E-state index is -0.0524. The molecule has 3 aromatic heterocycles. The first-order valence-electron chi connectivity index (χ1n) is 9.23. The molecular weight excluding hydrogens is 344 g/mol. The van der Waals surface area contributed by atoms with E-state index in [1.807, 2.05) is 31.9 Å². The van der Waals surface area contributed by atoms with E-state index in [0.29, 0.717) is 29.9 Å². The van der Waals surface area contributed by atoms with Crippen LogP contribution in [0.3, 0.4) is 0 Å². The summed E-state index contributed by atoms with van der Waals surface area (Å²) in [4.78, 5) is 31.6. The number of amides is 1. The molecule has 0 unspecified atom stereocenters. The average Bonchev–Trinajstić information content (AvgIpc) is 3.22. The van der Waals surface area contributed by atoms with Gasteiger partial charge in [0.2, 0.25) is 0 Å². The van der Waals surface area contributed by atoms with Crippen LogP contribution in [0, 0.1) is 20.8 Å². The number of nitrogens with one attached hydrogen (secondary N) is 1. The number of aromatic nitrogens is 5. The van der Waals surface area contributed by atoms with Crippen molar-refractivity contribution in [2.75, 3.05) is 13.1 Å². The fourth-order valence-electron chi connectivity index (χ4n) is 3.82. The van der Waals surface area contributed by atoms with Crippen molar-refractivity contribution < 1.29 is 4.79 Å². The quantitative estimate of drug-likeness (QED) is 0.746. The van der Waals surface area contributed by atoms with Crippen molar-refractivity contribution in [3.05, 3.63) is 50.8 Å². The lowest BCUT2D eigenvalue weighted by Gasteiger charge is -2.31. The summed E-state index contributed by atoms with van der Waals surface area (Å²) in [5, 5.41) is 7.48. The van der Waals surface area contributed by atoms with Crippen LogP contribution in [0.1, 0.15) is 51.8 Å². The molecule has 1 fully saturated rings. The molecule has 4 heterocycles. The number of hydrogen-bond donors (Lipinski definition) is 1. The largest absolute Gasteiger partial charge is 0.338 e. The molecule has 1 aliphatic rings. The zero-order valence-electron chi connectivity index (χ0n) is 16.1. The van der Waals surface area contributed by atoms with Crippen LogP contribution in [0.5, 0.6) is 0 Å². The van der Waals surface area contributed by atoms with Gasteiger partial charge in [-0.1, -0.05) is 0 Å². The molecule has 0 bridgehead atoms. The number of nitrogens with zero attached hydrogens (tertiary/aromatic N) is 5. The Hall–Kier alpha value is -2.90. The molecule has 0 atom stereocenters. The van der Waals surface area contributed by atoms with E-state index in [4.69, 9.17) is 0 Å². The number of carbonyl (C=O) groups excluding carboxylic acids is 1. The maximum absolute atomic E-state index is 12.7. The number of aromatic amines is 1. The van der Waals surface area contributed by atoms with E-state index in [2.05, 4.69) is 15.2 Å². The van der Waals surface area contributed by atoms with Gasteiger partial charge in [0.25, 0.3) is 11.5 Å². The molecule has 8 nitrogen and oxygen atoms in total. The van der Waals surface area contributed by atoms with Gasteiger partial charge in [0.05, 0.1) is 11.3 Å². The van der Waals surface area contributed by atoms with E-state index in [9.17, 15) is 9.59 Å². The van der Waals surface area contributed by atoms with Gasteiger partial charge in [0.1, 0.15) is 0 Å². The van der Waals surface area contributed by atoms with Crippen molar-refractivity contribution in [1.82, 2.24) is 29.3 Å². The van der Waals surface area contributed by atoms with Crippen LogP contribution in [0.25, 0.3) is 5.65 Å². The number of H-pyrrole nitrogens is 1. The summed E-state index contributed by atoms with van der Waals surface area (Å²) < 4.78 is 3.20. The minimum Gasteiger partial charge on any atom is -0.338 e. The van der Waals surface area contributed by atoms with Crippen LogP contribution in [0.4, 0.5) is 0 Å². The lowest BCUT2D eigenvalue weighted by atomic mass is 9.93. The summed E-state index contributed by atoms with van der Waals surface area (Å²) in [6.45, 7) is 6.89. The molecule has 27 heavy (non-hydrogen) atoms. The number of piperidine rings is 1. The summed E-state index contributed by atoms with van der Waals surface area (Å²) >= 11 is 0. The van der Waals surface area contributed by atoms with Crippen molar-refractivity contribution in [2.24, 2.45) is 7.05 Å². The van der Waals surface area contributed by atoms with Gasteiger partial charge in [-0.2, -0.15) is 5.10 Å². The number of rotatable bonds is 2. The van der Waals surface area contributed by atoms with Crippen molar-refractivity contribution in [3.8, 4) is 0 Å². The molecule has 1 N–H and O–H groups in total. The second kappa shape index (κ2) is 6.37. The molecular formula is C19H24N6O2. The Morgan fingerprint density at radius 2 is 1.89 bits per heavy atom. The van der Waals surface area contributed by atoms with Crippen molar-refractivity contribution in [3.63, 3.8) is 0 Å². The molecule has 1 saturated heterocycles. The summed E-state index contributed by atoms with van der Waals surface area (Å²) in [5.74, 6) is 0.325. The Morgan fingerprint density at radius 3 is 2.52 bits per heavy atom. The van der Waals surface area contributed by atoms with Gasteiger partial charge in [0.15, 0.2) is 5.65 Å². The van der Waals surface area contributed by atoms with Crippen LogP contribution >= 0.6 is 0 Å². The third-order valence-electron chi connectivity index (χ3n) is 5.57. The van der Waals surface area contributed by atoms with E-state index in [-0.39, 0.29) is 17.4 Å². The number of hydrogen-bond acceptors (Lipinski definition) is 4. The molecule has 0 aromatic carbocycles. The van der Waals surface area contributed by atoms with Crippen molar-refractivity contribution in [1.29, 1.82) is 0 Å². The van der Waals surface area contributed by atoms with E-state index in [1.165, 1.54) is 4.52 Å². The first-order valence-corrected chi connectivity index (χ1v) is 9.23. The molecule has 1 amide bonds. The van der Waals surface area contributed by atoms with Crippen LogP contribution in [0.2, 0.25) is 0 Å². The Labute approximate surface area is 156 Å². The Balaban J connectivity index is 1.52. The fraction of sp³-hybridized carbons (Fsp3) is 0.474. The molecule has 4 rings (SSSR count). The predicted octanol–water partition coefficient (Wildman–Crippen LogP) is 1.70. The van der Waals surface area contributed by atoms with Gasteiger partial charge in [0, 0.05) is 55.3 Å². The maximum Gasteiger partial charge on any atom is 0.275 e. The molecule has 0 aliphatic carbocycles. The summed E-state index contributed by atoms with van der Waals surface area (Å²) in [6, 6.07) is 1.96. The Kier molecular flexibility index (Phi) is 4.13. The molecule has 0 radical (unpaired) electrons. The van der Waals surface area contributed by atoms with E-state index < -0.39 is 0 Å². The zero-order chi connectivity index (χ0) is 19.3. The maximum atomic E-state index is 12.7. The van der Waals surface area contributed by atoms with Gasteiger partial charge in [-0.05, 0) is 33.6 Å². The van der Waals surface area contributed by atoms with E-state index in [1.54, 1.807) is 17.8 Å². The van der Waals surface area contributed by atoms with Gasteiger partial charge >= 0.3 is 0 Å². The third-order valence-corrected chi connectivity index (χ3v) is 5.57. The summed E-state index contributed by atoms with van der Waals surface area (Å²) in [5.41, 5.74) is 4.46. The molecule has 1 aliphatic heterocycles. The van der Waals surface area contributed by atoms with Crippen molar-refractivity contribution >= 4 is 11.6 Å². The molecule has 0 spiro atoms. The summed E-state index contributed by atoms with van der Waals surface area (Å²) in [6.07, 6.45) is 3.49. The van der Waals surface area contributed by atoms with Gasteiger partial charge in [-0.3, -0.25) is 19.4 Å². The highest BCUT2D eigenvalue weighted by atomic mass is 16.2. The number of aryl methyl sites for hydroxylation is 3. The van der Waals surface area contributed by atoms with E-state index in [0.717, 1.165) is 29.9 Å². The minimum absolute atomic E-state index is 0.0415. The Morgan fingerprint density at radius 1 is 1.19 bits per heavy atom. The second-order valence-corrected chi connectivity index (χ2v) is 7.40. The van der Waals surface area contributed by atoms with Crippen LogP contribution in [-0.4, -0.2) is 48.3 Å². The lowest BCUT2D eigenvalue weighted by molar-refractivity contribution is 0.0711. The molecule has 8 heteroatoms. The highest BCUT2D eigenvalue weighted by Crippen LogP contribution is 2.28. The molecule has 142 valence electrons. The standard InChI is InChI=1S/C19H24N6O2/c1-11-12(2)20-17-9-16(22-25(17)18(11)26)14-5-7-24(8-6-14)19(27)15-10-23(4)21-13(15)3/h9-10,14,22H,5-8H2,1-4H3. The van der Waals surface area contributed by atoms with Gasteiger partial charge in [-0.25, -0.2) is 9.50 Å². The zero-order valence-corrected chi connectivity index (χ0v) is 16.1. The SMILES string of the molecule is Cc1nn(C)cc1C(=O)N1CCC(c2cc3nc(C)c(C)c(=O)n3[nH]2)CC1. The Bertz CT molecular complexity index is 1080. The van der Waals surface area contributed by atoms with Crippen molar-refractivity contribution in [2.45, 2.75) is 39.5 Å². The number of fused-ring (bicyclic) bond motifs is 1.